The quantitative estimate of drug-likeness (QED) is 0.669. The zero-order valence-corrected chi connectivity index (χ0v) is 7.01. The van der Waals surface area contributed by atoms with Gasteiger partial charge >= 0.3 is 0 Å². The predicted octanol–water partition coefficient (Wildman–Crippen LogP) is 1.37. The highest BCUT2D eigenvalue weighted by molar-refractivity contribution is 9.10. The molecule has 0 amide bonds. The van der Waals surface area contributed by atoms with Crippen LogP contribution in [0.1, 0.15) is 12.7 Å². The van der Waals surface area contributed by atoms with Gasteiger partial charge in [-0.25, -0.2) is 0 Å². The molecule has 1 aromatic heterocycles. The second-order valence-corrected chi connectivity index (χ2v) is 2.47. The van der Waals surface area contributed by atoms with Crippen LogP contribution in [0.4, 0.5) is 0 Å². The maximum Gasteiger partial charge on any atom is 0.200 e. The number of hydrogen-bond acceptors (Lipinski definition) is 2. The minimum absolute atomic E-state index is 0.808. The summed E-state index contributed by atoms with van der Waals surface area (Å²) in [7, 11) is 0. The van der Waals surface area contributed by atoms with Crippen LogP contribution in [0.25, 0.3) is 0 Å². The fourth-order valence-corrected chi connectivity index (χ4v) is 1.30. The zero-order valence-electron chi connectivity index (χ0n) is 5.43. The summed E-state index contributed by atoms with van der Waals surface area (Å²) in [6.45, 7) is 4.90. The molecule has 0 saturated carbocycles. The van der Waals surface area contributed by atoms with Gasteiger partial charge in [-0.3, -0.25) is 0 Å². The second-order valence-electron chi connectivity index (χ2n) is 1.76. The van der Waals surface area contributed by atoms with Crippen LogP contribution in [0.15, 0.2) is 4.73 Å². The third-order valence-corrected chi connectivity index (χ3v) is 1.79. The lowest BCUT2D eigenvalue weighted by Crippen LogP contribution is -1.96. The molecule has 0 saturated heterocycles. The molecule has 9 heavy (non-hydrogen) atoms. The van der Waals surface area contributed by atoms with Gasteiger partial charge < -0.3 is 4.57 Å². The number of halogens is 1. The lowest BCUT2D eigenvalue weighted by Gasteiger charge is -1.96. The van der Waals surface area contributed by atoms with E-state index in [0.29, 0.717) is 0 Å². The highest BCUT2D eigenvalue weighted by Gasteiger charge is 2.00. The molecule has 1 rings (SSSR count). The summed E-state index contributed by atoms with van der Waals surface area (Å²) in [6, 6.07) is 0. The maximum absolute atomic E-state index is 3.85. The normalized spacial score (nSPS) is 10.1. The van der Waals surface area contributed by atoms with Crippen molar-refractivity contribution < 1.29 is 0 Å². The summed E-state index contributed by atoms with van der Waals surface area (Å²) in [6.07, 6.45) is 0. The van der Waals surface area contributed by atoms with Crippen LogP contribution in [0.2, 0.25) is 0 Å². The standard InChI is InChI=1S/C5H8BrN3/c1-3-9-4(2)7-8-5(9)6/h3H2,1-2H3. The Morgan fingerprint density at radius 3 is 2.44 bits per heavy atom. The Labute approximate surface area is 62.2 Å². The summed E-state index contributed by atoms with van der Waals surface area (Å²) < 4.78 is 2.79. The summed E-state index contributed by atoms with van der Waals surface area (Å²) in [5, 5.41) is 7.67. The minimum Gasteiger partial charge on any atom is -0.306 e. The summed E-state index contributed by atoms with van der Waals surface area (Å²) in [5.41, 5.74) is 0. The third-order valence-electron chi connectivity index (χ3n) is 1.21. The van der Waals surface area contributed by atoms with Gasteiger partial charge in [-0.15, -0.1) is 10.2 Å². The number of aryl methyl sites for hydroxylation is 1. The Balaban J connectivity index is 3.07. The number of nitrogens with zero attached hydrogens (tertiary/aromatic N) is 3. The monoisotopic (exact) mass is 189 g/mol. The van der Waals surface area contributed by atoms with E-state index in [9.17, 15) is 0 Å². The van der Waals surface area contributed by atoms with Crippen molar-refractivity contribution in [1.82, 2.24) is 14.8 Å². The van der Waals surface area contributed by atoms with Crippen molar-refractivity contribution in [2.24, 2.45) is 0 Å². The van der Waals surface area contributed by atoms with Gasteiger partial charge in [0.15, 0.2) is 4.73 Å². The largest absolute Gasteiger partial charge is 0.306 e. The number of hydrogen-bond donors (Lipinski definition) is 0. The molecule has 3 nitrogen and oxygen atoms in total. The van der Waals surface area contributed by atoms with Gasteiger partial charge in [0.2, 0.25) is 0 Å². The molecule has 1 aromatic rings. The molecule has 0 unspecified atom stereocenters. The Morgan fingerprint density at radius 1 is 1.56 bits per heavy atom. The van der Waals surface area contributed by atoms with E-state index in [0.717, 1.165) is 17.1 Å². The van der Waals surface area contributed by atoms with E-state index < -0.39 is 0 Å². The van der Waals surface area contributed by atoms with E-state index in [1.54, 1.807) is 0 Å². The van der Waals surface area contributed by atoms with Crippen molar-refractivity contribution in [3.05, 3.63) is 10.6 Å². The van der Waals surface area contributed by atoms with Crippen molar-refractivity contribution >= 4 is 15.9 Å². The molecule has 0 aliphatic rings. The van der Waals surface area contributed by atoms with Gasteiger partial charge in [0.1, 0.15) is 5.82 Å². The first-order chi connectivity index (χ1) is 4.25. The molecule has 0 N–H and O–H groups in total. The van der Waals surface area contributed by atoms with Crippen LogP contribution in [0.5, 0.6) is 0 Å². The predicted molar refractivity (Wildman–Crippen MR) is 38.1 cm³/mol. The number of rotatable bonds is 1. The van der Waals surface area contributed by atoms with Gasteiger partial charge in [0, 0.05) is 6.54 Å². The van der Waals surface area contributed by atoms with Crippen molar-refractivity contribution in [3.8, 4) is 0 Å². The zero-order chi connectivity index (χ0) is 6.85. The van der Waals surface area contributed by atoms with Crippen molar-refractivity contribution in [1.29, 1.82) is 0 Å². The average molecular weight is 190 g/mol. The van der Waals surface area contributed by atoms with Gasteiger partial charge in [-0.05, 0) is 29.8 Å². The minimum atomic E-state index is 0.808. The second kappa shape index (κ2) is 2.47. The van der Waals surface area contributed by atoms with Gasteiger partial charge in [-0.1, -0.05) is 0 Å². The molecule has 0 aliphatic heterocycles. The molecule has 0 spiro atoms. The highest BCUT2D eigenvalue weighted by atomic mass is 79.9. The molecule has 4 heteroatoms. The smallest absolute Gasteiger partial charge is 0.200 e. The van der Waals surface area contributed by atoms with E-state index in [-0.39, 0.29) is 0 Å². The van der Waals surface area contributed by atoms with Crippen molar-refractivity contribution in [3.63, 3.8) is 0 Å². The Kier molecular flexibility index (Phi) is 1.85. The van der Waals surface area contributed by atoms with Crippen LogP contribution < -0.4 is 0 Å². The topological polar surface area (TPSA) is 30.7 Å². The first kappa shape index (κ1) is 6.74. The van der Waals surface area contributed by atoms with Crippen molar-refractivity contribution in [2.75, 3.05) is 0 Å². The molecule has 0 bridgehead atoms. The fraction of sp³-hybridized carbons (Fsp3) is 0.600. The first-order valence-corrected chi connectivity index (χ1v) is 3.60. The summed E-state index contributed by atoms with van der Waals surface area (Å²) >= 11 is 3.27. The van der Waals surface area contributed by atoms with Crippen LogP contribution in [-0.2, 0) is 6.54 Å². The fourth-order valence-electron chi connectivity index (χ4n) is 0.714. The van der Waals surface area contributed by atoms with E-state index in [1.807, 2.05) is 11.5 Å². The van der Waals surface area contributed by atoms with Gasteiger partial charge in [0.25, 0.3) is 0 Å². The first-order valence-electron chi connectivity index (χ1n) is 2.81. The van der Waals surface area contributed by atoms with Gasteiger partial charge in [0.05, 0.1) is 0 Å². The molecular formula is C5H8BrN3. The highest BCUT2D eigenvalue weighted by Crippen LogP contribution is 2.06. The van der Waals surface area contributed by atoms with Crippen LogP contribution >= 0.6 is 15.9 Å². The van der Waals surface area contributed by atoms with Crippen LogP contribution in [0, 0.1) is 6.92 Å². The average Bonchev–Trinajstić information content (AvgIpc) is 2.12. The summed E-state index contributed by atoms with van der Waals surface area (Å²) in [4.78, 5) is 0. The van der Waals surface area contributed by atoms with E-state index in [1.165, 1.54) is 0 Å². The third kappa shape index (κ3) is 1.13. The maximum atomic E-state index is 3.85. The molecular weight excluding hydrogens is 182 g/mol. The number of aromatic nitrogens is 3. The van der Waals surface area contributed by atoms with Gasteiger partial charge in [-0.2, -0.15) is 0 Å². The lowest BCUT2D eigenvalue weighted by atomic mass is 10.6. The molecule has 0 aliphatic carbocycles. The van der Waals surface area contributed by atoms with E-state index in [4.69, 9.17) is 0 Å². The molecule has 0 atom stereocenters. The molecule has 0 radical (unpaired) electrons. The molecule has 50 valence electrons. The molecule has 1 heterocycles. The Hall–Kier alpha value is -0.380. The molecule has 0 aromatic carbocycles. The van der Waals surface area contributed by atoms with Crippen molar-refractivity contribution in [2.45, 2.75) is 20.4 Å². The van der Waals surface area contributed by atoms with Crippen LogP contribution in [0.3, 0.4) is 0 Å². The molecule has 0 fully saturated rings. The Morgan fingerprint density at radius 2 is 2.22 bits per heavy atom. The van der Waals surface area contributed by atoms with Crippen LogP contribution in [-0.4, -0.2) is 14.8 Å². The summed E-state index contributed by atoms with van der Waals surface area (Å²) in [5.74, 6) is 0.948. The van der Waals surface area contributed by atoms with E-state index >= 15 is 0 Å². The lowest BCUT2D eigenvalue weighted by molar-refractivity contribution is 0.713. The SMILES string of the molecule is CCn1c(C)nnc1Br. The van der Waals surface area contributed by atoms with E-state index in [2.05, 4.69) is 33.1 Å². The Bertz CT molecular complexity index is 186.